The van der Waals surface area contributed by atoms with Gasteiger partial charge in [-0.15, -0.1) is 0 Å². The molecular weight excluding hydrogens is 546 g/mol. The monoisotopic (exact) mass is 589 g/mol. The number of carbonyl (C=O) groups excluding carboxylic acids is 3. The van der Waals surface area contributed by atoms with Crippen LogP contribution in [0.2, 0.25) is 0 Å². The van der Waals surface area contributed by atoms with Crippen molar-refractivity contribution in [2.45, 2.75) is 77.6 Å². The fourth-order valence-electron chi connectivity index (χ4n) is 5.69. The fourth-order valence-corrected chi connectivity index (χ4v) is 5.69. The Labute approximate surface area is 253 Å². The van der Waals surface area contributed by atoms with Gasteiger partial charge in [0.05, 0.1) is 23.0 Å². The Bertz CT molecular complexity index is 1420. The minimum absolute atomic E-state index is 0.0851. The zero-order valence-electron chi connectivity index (χ0n) is 25.5. The van der Waals surface area contributed by atoms with E-state index in [0.29, 0.717) is 51.2 Å². The molecule has 230 valence electrons. The van der Waals surface area contributed by atoms with E-state index in [2.05, 4.69) is 22.6 Å². The first kappa shape index (κ1) is 30.7. The van der Waals surface area contributed by atoms with Gasteiger partial charge in [-0.25, -0.2) is 5.43 Å². The average molecular weight is 590 g/mol. The Morgan fingerprint density at radius 2 is 1.70 bits per heavy atom. The summed E-state index contributed by atoms with van der Waals surface area (Å²) in [5.41, 5.74) is 5.00. The molecule has 5 rings (SSSR count). The standard InChI is InChI=1S/C33H43N5O5/c1-20-26-11-10-24-9-8-23(19-28(24)36-26)12-15-33(4,5)22(3)43-29(25-13-17-42-18-14-25)31(40)35-21(2)32(41)38-16-6-7-27(37-38)30(39)34-20/h8-12,15,19-21,25,27,29,37H,3,6-7,13-14,16-18H2,1-2,4-5H3,(H,34,39)(H,35,40)/b15-12+/t20-,21+,27+,29+/m1/s1. The number of pyridine rings is 1. The van der Waals surface area contributed by atoms with Crippen LogP contribution in [-0.2, 0) is 23.9 Å². The smallest absolute Gasteiger partial charge is 0.261 e. The number of allylic oxidation sites excluding steroid dienone is 1. The molecule has 4 heterocycles. The van der Waals surface area contributed by atoms with Crippen LogP contribution < -0.4 is 16.1 Å². The molecule has 4 atom stereocenters. The molecule has 2 saturated heterocycles. The summed E-state index contributed by atoms with van der Waals surface area (Å²) in [5, 5.41) is 8.37. The number of rotatable bonds is 1. The number of hydrogen-bond acceptors (Lipinski definition) is 7. The molecular formula is C33H43N5O5. The summed E-state index contributed by atoms with van der Waals surface area (Å²) in [6.45, 7) is 13.3. The van der Waals surface area contributed by atoms with Gasteiger partial charge in [0.15, 0.2) is 6.10 Å². The van der Waals surface area contributed by atoms with E-state index in [1.54, 1.807) is 6.92 Å². The SMILES string of the molecule is C=C1O[C@@H](C2CCOCC2)C(=O)N[C@@H](C)C(=O)N2CCC[C@H](N2)C(=O)N[C@H](C)c2ccc3ccc(cc3n2)/C=C/C1(C)C. The van der Waals surface area contributed by atoms with Gasteiger partial charge in [0.1, 0.15) is 12.1 Å². The molecule has 0 radical (unpaired) electrons. The highest BCUT2D eigenvalue weighted by atomic mass is 16.5. The number of benzene rings is 1. The number of nitrogens with one attached hydrogen (secondary N) is 3. The van der Waals surface area contributed by atoms with E-state index >= 15 is 0 Å². The molecule has 3 aliphatic heterocycles. The number of hydrogen-bond donors (Lipinski definition) is 3. The van der Waals surface area contributed by atoms with Crippen LogP contribution in [0.15, 0.2) is 48.7 Å². The lowest BCUT2D eigenvalue weighted by atomic mass is 9.88. The zero-order valence-corrected chi connectivity index (χ0v) is 25.5. The summed E-state index contributed by atoms with van der Waals surface area (Å²) in [5.74, 6) is -0.516. The lowest BCUT2D eigenvalue weighted by Crippen LogP contribution is -2.61. The highest BCUT2D eigenvalue weighted by Gasteiger charge is 2.37. The van der Waals surface area contributed by atoms with Crippen molar-refractivity contribution in [1.29, 1.82) is 0 Å². The fraction of sp³-hybridized carbons (Fsp3) is 0.515. The summed E-state index contributed by atoms with van der Waals surface area (Å²) >= 11 is 0. The van der Waals surface area contributed by atoms with Crippen molar-refractivity contribution in [3.05, 3.63) is 60.0 Å². The normalized spacial score (nSPS) is 28.6. The molecule has 10 heteroatoms. The maximum absolute atomic E-state index is 13.7. The molecule has 43 heavy (non-hydrogen) atoms. The summed E-state index contributed by atoms with van der Waals surface area (Å²) in [6, 6.07) is 8.24. The highest BCUT2D eigenvalue weighted by molar-refractivity contribution is 5.90. The molecule has 10 nitrogen and oxygen atoms in total. The minimum Gasteiger partial charge on any atom is -0.484 e. The summed E-state index contributed by atoms with van der Waals surface area (Å²) < 4.78 is 11.9. The second-order valence-electron chi connectivity index (χ2n) is 12.4. The third kappa shape index (κ3) is 7.08. The van der Waals surface area contributed by atoms with Gasteiger partial charge < -0.3 is 20.1 Å². The van der Waals surface area contributed by atoms with Crippen molar-refractivity contribution < 1.29 is 23.9 Å². The van der Waals surface area contributed by atoms with Gasteiger partial charge in [-0.3, -0.25) is 24.4 Å². The van der Waals surface area contributed by atoms with Gasteiger partial charge in [0, 0.05) is 36.5 Å². The van der Waals surface area contributed by atoms with E-state index in [1.807, 2.05) is 63.3 Å². The topological polar surface area (TPSA) is 122 Å². The van der Waals surface area contributed by atoms with Crippen molar-refractivity contribution in [1.82, 2.24) is 26.1 Å². The minimum atomic E-state index is -0.829. The molecule has 3 aliphatic rings. The Morgan fingerprint density at radius 3 is 2.47 bits per heavy atom. The summed E-state index contributed by atoms with van der Waals surface area (Å²) in [4.78, 5) is 45.2. The first-order valence-corrected chi connectivity index (χ1v) is 15.2. The van der Waals surface area contributed by atoms with E-state index in [0.717, 1.165) is 22.2 Å². The van der Waals surface area contributed by atoms with Crippen LogP contribution in [0, 0.1) is 11.3 Å². The number of amides is 3. The Kier molecular flexibility index (Phi) is 9.17. The molecule has 1 aromatic heterocycles. The first-order chi connectivity index (χ1) is 20.5. The molecule has 2 fully saturated rings. The average Bonchev–Trinajstić information content (AvgIpc) is 3.01. The van der Waals surface area contributed by atoms with Crippen LogP contribution in [-0.4, -0.2) is 65.7 Å². The molecule has 5 bridgehead atoms. The van der Waals surface area contributed by atoms with Gasteiger partial charge in [0.25, 0.3) is 11.8 Å². The van der Waals surface area contributed by atoms with Crippen molar-refractivity contribution in [2.24, 2.45) is 11.3 Å². The van der Waals surface area contributed by atoms with Crippen LogP contribution in [0.25, 0.3) is 17.0 Å². The summed E-state index contributed by atoms with van der Waals surface area (Å²) in [6.07, 6.45) is 5.75. The second-order valence-corrected chi connectivity index (χ2v) is 12.4. The van der Waals surface area contributed by atoms with Crippen LogP contribution in [0.5, 0.6) is 0 Å². The third-order valence-electron chi connectivity index (χ3n) is 8.67. The van der Waals surface area contributed by atoms with E-state index in [9.17, 15) is 14.4 Å². The molecule has 0 saturated carbocycles. The first-order valence-electron chi connectivity index (χ1n) is 15.2. The molecule has 0 unspecified atom stereocenters. The number of ether oxygens (including phenoxy) is 2. The van der Waals surface area contributed by atoms with Crippen LogP contribution in [0.3, 0.4) is 0 Å². The highest BCUT2D eigenvalue weighted by Crippen LogP contribution is 2.33. The van der Waals surface area contributed by atoms with Gasteiger partial charge in [0.2, 0.25) is 5.91 Å². The molecule has 0 spiro atoms. The van der Waals surface area contributed by atoms with E-state index in [1.165, 1.54) is 5.01 Å². The second kappa shape index (κ2) is 12.9. The third-order valence-corrected chi connectivity index (χ3v) is 8.67. The van der Waals surface area contributed by atoms with Gasteiger partial charge in [-0.1, -0.05) is 36.9 Å². The van der Waals surface area contributed by atoms with Gasteiger partial charge in [-0.05, 0) is 71.1 Å². The van der Waals surface area contributed by atoms with Gasteiger partial charge in [-0.2, -0.15) is 0 Å². The lowest BCUT2D eigenvalue weighted by molar-refractivity contribution is -0.146. The van der Waals surface area contributed by atoms with Crippen molar-refractivity contribution >= 4 is 34.7 Å². The predicted octanol–water partition coefficient (Wildman–Crippen LogP) is 3.79. The maximum atomic E-state index is 13.7. The molecule has 3 N–H and O–H groups in total. The maximum Gasteiger partial charge on any atom is 0.261 e. The van der Waals surface area contributed by atoms with Gasteiger partial charge >= 0.3 is 0 Å². The predicted molar refractivity (Wildman–Crippen MR) is 164 cm³/mol. The number of fused-ring (bicyclic) bond motifs is 4. The van der Waals surface area contributed by atoms with Crippen molar-refractivity contribution in [3.63, 3.8) is 0 Å². The molecule has 2 aromatic rings. The largest absolute Gasteiger partial charge is 0.484 e. The van der Waals surface area contributed by atoms with E-state index in [4.69, 9.17) is 14.5 Å². The molecule has 3 amide bonds. The number of hydrazine groups is 1. The number of aromatic nitrogens is 1. The number of carbonyl (C=O) groups is 3. The van der Waals surface area contributed by atoms with Crippen LogP contribution in [0.1, 0.15) is 70.7 Å². The van der Waals surface area contributed by atoms with Crippen molar-refractivity contribution in [2.75, 3.05) is 19.8 Å². The van der Waals surface area contributed by atoms with Crippen LogP contribution in [0.4, 0.5) is 0 Å². The number of nitrogens with zero attached hydrogens (tertiary/aromatic N) is 2. The van der Waals surface area contributed by atoms with E-state index in [-0.39, 0.29) is 29.7 Å². The Morgan fingerprint density at radius 1 is 0.977 bits per heavy atom. The molecule has 0 aliphatic carbocycles. The summed E-state index contributed by atoms with van der Waals surface area (Å²) in [7, 11) is 0. The Hall–Kier alpha value is -3.76. The quantitative estimate of drug-likeness (QED) is 0.463. The van der Waals surface area contributed by atoms with E-state index < -0.39 is 23.6 Å². The lowest BCUT2D eigenvalue weighted by Gasteiger charge is -2.36. The van der Waals surface area contributed by atoms with Crippen LogP contribution >= 0.6 is 0 Å². The Balaban J connectivity index is 1.49. The zero-order chi connectivity index (χ0) is 30.7. The van der Waals surface area contributed by atoms with Crippen molar-refractivity contribution in [3.8, 4) is 0 Å². The molecule has 1 aromatic carbocycles.